The van der Waals surface area contributed by atoms with Crippen molar-refractivity contribution in [1.82, 2.24) is 15.3 Å². The summed E-state index contributed by atoms with van der Waals surface area (Å²) in [4.78, 5) is 19.5. The minimum atomic E-state index is -4.96. The number of amides is 1. The third-order valence-corrected chi connectivity index (χ3v) is 3.23. The number of hydrogen-bond donors (Lipinski definition) is 2. The summed E-state index contributed by atoms with van der Waals surface area (Å²) in [6, 6.07) is 7.85. The summed E-state index contributed by atoms with van der Waals surface area (Å²) in [6.45, 7) is 0.523. The Bertz CT molecular complexity index is 692. The second-order valence-corrected chi connectivity index (χ2v) is 4.90. The molecule has 0 saturated heterocycles. The summed E-state index contributed by atoms with van der Waals surface area (Å²) in [6.07, 6.45) is -3.63. The largest absolute Gasteiger partial charge is 0.423 e. The Hall–Kier alpha value is -2.48. The molecule has 0 radical (unpaired) electrons. The van der Waals surface area contributed by atoms with Crippen molar-refractivity contribution in [3.8, 4) is 0 Å². The first kappa shape index (κ1) is 16.9. The second kappa shape index (κ2) is 6.33. The molecule has 2 N–H and O–H groups in total. The zero-order valence-corrected chi connectivity index (χ0v) is 12.1. The Morgan fingerprint density at radius 3 is 2.43 bits per heavy atom. The van der Waals surface area contributed by atoms with Gasteiger partial charge in [0.05, 0.1) is 6.54 Å². The van der Waals surface area contributed by atoms with E-state index in [0.717, 1.165) is 12.1 Å². The Morgan fingerprint density at radius 1 is 1.22 bits per heavy atom. The number of halogens is 3. The number of nitrogens with zero attached hydrogens (tertiary/aromatic N) is 2. The van der Waals surface area contributed by atoms with Gasteiger partial charge in [0, 0.05) is 6.20 Å². The number of carbonyl (C=O) groups is 1. The first-order valence-corrected chi connectivity index (χ1v) is 6.66. The molecule has 5 nitrogen and oxygen atoms in total. The number of aryl methyl sites for hydroxylation is 1. The summed E-state index contributed by atoms with van der Waals surface area (Å²) in [5, 5.41) is 12.2. The molecule has 0 aliphatic carbocycles. The number of rotatable bonds is 4. The van der Waals surface area contributed by atoms with E-state index < -0.39 is 24.2 Å². The van der Waals surface area contributed by atoms with Gasteiger partial charge in [-0.2, -0.15) is 13.2 Å². The predicted octanol–water partition coefficient (Wildman–Crippen LogP) is 1.96. The van der Waals surface area contributed by atoms with Gasteiger partial charge in [-0.1, -0.05) is 30.3 Å². The van der Waals surface area contributed by atoms with Crippen LogP contribution in [0, 0.1) is 6.92 Å². The molecule has 1 aromatic carbocycles. The Labute approximate surface area is 130 Å². The van der Waals surface area contributed by atoms with Gasteiger partial charge >= 0.3 is 6.18 Å². The molecule has 122 valence electrons. The maximum Gasteiger partial charge on any atom is 0.423 e. The van der Waals surface area contributed by atoms with E-state index >= 15 is 0 Å². The van der Waals surface area contributed by atoms with Crippen molar-refractivity contribution < 1.29 is 23.1 Å². The monoisotopic (exact) mass is 325 g/mol. The third kappa shape index (κ3) is 3.65. The number of aromatic nitrogens is 2. The van der Waals surface area contributed by atoms with Crippen LogP contribution in [0.2, 0.25) is 0 Å². The first-order chi connectivity index (χ1) is 10.7. The zero-order chi connectivity index (χ0) is 17.1. The van der Waals surface area contributed by atoms with Crippen LogP contribution >= 0.6 is 0 Å². The van der Waals surface area contributed by atoms with Gasteiger partial charge in [0.25, 0.3) is 5.91 Å². The molecule has 0 fully saturated rings. The number of alkyl halides is 3. The van der Waals surface area contributed by atoms with Gasteiger partial charge in [0.15, 0.2) is 0 Å². The van der Waals surface area contributed by atoms with E-state index in [0.29, 0.717) is 5.82 Å². The molecule has 0 aliphatic heterocycles. The highest BCUT2D eigenvalue weighted by molar-refractivity contribution is 5.92. The van der Waals surface area contributed by atoms with Crippen molar-refractivity contribution >= 4 is 5.91 Å². The third-order valence-electron chi connectivity index (χ3n) is 3.23. The molecule has 2 aromatic rings. The molecule has 0 saturated carbocycles. The number of carbonyl (C=O) groups excluding carboxylic acids is 1. The van der Waals surface area contributed by atoms with E-state index in [4.69, 9.17) is 0 Å². The number of benzene rings is 1. The maximum absolute atomic E-state index is 13.3. The predicted molar refractivity (Wildman–Crippen MR) is 75.5 cm³/mol. The smallest absolute Gasteiger partial charge is 0.375 e. The average molecular weight is 325 g/mol. The van der Waals surface area contributed by atoms with E-state index in [1.807, 2.05) is 0 Å². The molecule has 0 bridgehead atoms. The van der Waals surface area contributed by atoms with Crippen molar-refractivity contribution in [2.24, 2.45) is 0 Å². The molecule has 1 heterocycles. The van der Waals surface area contributed by atoms with E-state index in [2.05, 4.69) is 15.3 Å². The molecule has 8 heteroatoms. The molecule has 1 unspecified atom stereocenters. The minimum absolute atomic E-state index is 0.0740. The Balaban J connectivity index is 2.22. The van der Waals surface area contributed by atoms with Crippen LogP contribution in [-0.4, -0.2) is 33.7 Å². The number of aliphatic hydroxyl groups is 1. The van der Waals surface area contributed by atoms with E-state index in [1.54, 1.807) is 6.92 Å². The van der Waals surface area contributed by atoms with Crippen molar-refractivity contribution in [2.45, 2.75) is 18.7 Å². The topological polar surface area (TPSA) is 75.1 Å². The van der Waals surface area contributed by atoms with Gasteiger partial charge in [0.2, 0.25) is 5.60 Å². The van der Waals surface area contributed by atoms with E-state index in [-0.39, 0.29) is 11.3 Å². The van der Waals surface area contributed by atoms with Crippen LogP contribution < -0.4 is 5.32 Å². The molecule has 0 aliphatic rings. The van der Waals surface area contributed by atoms with Gasteiger partial charge in [-0.15, -0.1) is 0 Å². The van der Waals surface area contributed by atoms with Crippen LogP contribution in [0.3, 0.4) is 0 Å². The Kier molecular flexibility index (Phi) is 4.65. The molecule has 0 spiro atoms. The zero-order valence-electron chi connectivity index (χ0n) is 12.1. The van der Waals surface area contributed by atoms with E-state index in [1.165, 1.54) is 30.5 Å². The van der Waals surface area contributed by atoms with E-state index in [9.17, 15) is 23.1 Å². The first-order valence-electron chi connectivity index (χ1n) is 6.66. The minimum Gasteiger partial charge on any atom is -0.375 e. The molecular weight excluding hydrogens is 311 g/mol. The fourth-order valence-electron chi connectivity index (χ4n) is 1.96. The summed E-state index contributed by atoms with van der Waals surface area (Å²) in [7, 11) is 0. The standard InChI is InChI=1S/C15H14F3N3O2/c1-10-19-8-7-12(21-10)13(22)20-9-14(23,15(16,17)18)11-5-3-2-4-6-11/h2-8,23H,9H2,1H3,(H,20,22). The SMILES string of the molecule is Cc1nccc(C(=O)NCC(O)(c2ccccc2)C(F)(F)F)n1. The average Bonchev–Trinajstić information content (AvgIpc) is 2.52. The van der Waals surface area contributed by atoms with Gasteiger partial charge in [-0.25, -0.2) is 9.97 Å². The quantitative estimate of drug-likeness (QED) is 0.901. The molecule has 2 rings (SSSR count). The lowest BCUT2D eigenvalue weighted by Crippen LogP contribution is -2.51. The summed E-state index contributed by atoms with van der Waals surface area (Å²) in [5.41, 5.74) is -3.62. The highest BCUT2D eigenvalue weighted by atomic mass is 19.4. The summed E-state index contributed by atoms with van der Waals surface area (Å²) >= 11 is 0. The summed E-state index contributed by atoms with van der Waals surface area (Å²) in [5.74, 6) is -0.513. The van der Waals surface area contributed by atoms with Gasteiger partial charge in [-0.05, 0) is 18.6 Å². The van der Waals surface area contributed by atoms with Crippen molar-refractivity contribution in [3.05, 3.63) is 59.7 Å². The van der Waals surface area contributed by atoms with Gasteiger partial charge in [-0.3, -0.25) is 4.79 Å². The number of nitrogens with one attached hydrogen (secondary N) is 1. The van der Waals surface area contributed by atoms with Crippen LogP contribution in [0.25, 0.3) is 0 Å². The normalized spacial score (nSPS) is 14.1. The lowest BCUT2D eigenvalue weighted by atomic mass is 9.93. The number of hydrogen-bond acceptors (Lipinski definition) is 4. The lowest BCUT2D eigenvalue weighted by molar-refractivity contribution is -0.263. The van der Waals surface area contributed by atoms with Crippen LogP contribution in [0.1, 0.15) is 21.9 Å². The Morgan fingerprint density at radius 2 is 1.87 bits per heavy atom. The maximum atomic E-state index is 13.3. The lowest BCUT2D eigenvalue weighted by Gasteiger charge is -2.31. The van der Waals surface area contributed by atoms with Gasteiger partial charge < -0.3 is 10.4 Å². The summed E-state index contributed by atoms with van der Waals surface area (Å²) < 4.78 is 39.8. The second-order valence-electron chi connectivity index (χ2n) is 4.90. The molecule has 1 atom stereocenters. The molecule has 1 aromatic heterocycles. The highest BCUT2D eigenvalue weighted by Gasteiger charge is 2.55. The van der Waals surface area contributed by atoms with Crippen molar-refractivity contribution in [1.29, 1.82) is 0 Å². The fourth-order valence-corrected chi connectivity index (χ4v) is 1.96. The van der Waals surface area contributed by atoms with Crippen LogP contribution in [0.15, 0.2) is 42.6 Å². The molecule has 23 heavy (non-hydrogen) atoms. The van der Waals surface area contributed by atoms with Crippen LogP contribution in [0.4, 0.5) is 13.2 Å². The molecule has 1 amide bonds. The van der Waals surface area contributed by atoms with Crippen molar-refractivity contribution in [2.75, 3.05) is 6.54 Å². The van der Waals surface area contributed by atoms with Crippen LogP contribution in [-0.2, 0) is 5.60 Å². The van der Waals surface area contributed by atoms with Gasteiger partial charge in [0.1, 0.15) is 11.5 Å². The highest BCUT2D eigenvalue weighted by Crippen LogP contribution is 2.38. The fraction of sp³-hybridized carbons (Fsp3) is 0.267. The molecular formula is C15H14F3N3O2. The van der Waals surface area contributed by atoms with Crippen molar-refractivity contribution in [3.63, 3.8) is 0 Å². The van der Waals surface area contributed by atoms with Crippen LogP contribution in [0.5, 0.6) is 0 Å².